The van der Waals surface area contributed by atoms with Gasteiger partial charge in [0, 0.05) is 48.9 Å². The van der Waals surface area contributed by atoms with Gasteiger partial charge in [0.25, 0.3) is 0 Å². The number of benzene rings is 2. The molecule has 2 aliphatic heterocycles. The first-order chi connectivity index (χ1) is 32.7. The molecule has 2 saturated heterocycles. The van der Waals surface area contributed by atoms with Gasteiger partial charge in [0.2, 0.25) is 0 Å². The lowest BCUT2D eigenvalue weighted by Crippen LogP contribution is -2.66. The van der Waals surface area contributed by atoms with E-state index >= 15 is 0 Å². The van der Waals surface area contributed by atoms with Gasteiger partial charge in [-0.25, -0.2) is 9.59 Å². The normalized spacial score (nSPS) is 29.3. The van der Waals surface area contributed by atoms with E-state index in [0.29, 0.717) is 0 Å². The lowest BCUT2D eigenvalue weighted by molar-refractivity contribution is -0.313. The Bertz CT molecular complexity index is 2340. The molecule has 0 radical (unpaired) electrons. The van der Waals surface area contributed by atoms with E-state index in [-0.39, 0.29) is 17.5 Å². The maximum atomic E-state index is 13.8. The topological polar surface area (TPSA) is 402 Å². The van der Waals surface area contributed by atoms with Crippen molar-refractivity contribution in [3.05, 3.63) is 114 Å². The highest BCUT2D eigenvalue weighted by atomic mass is 16.8. The van der Waals surface area contributed by atoms with Crippen LogP contribution in [0.1, 0.15) is 54.8 Å². The zero-order valence-corrected chi connectivity index (χ0v) is 36.4. The average Bonchev–Trinajstić information content (AvgIpc) is 3.61. The Morgan fingerprint density at radius 1 is 0.588 bits per heavy atom. The number of nitrogens with one attached hydrogen (secondary N) is 1. The monoisotopic (exact) mass is 949 g/mol. The average molecular weight is 950 g/mol. The van der Waals surface area contributed by atoms with Gasteiger partial charge >= 0.3 is 35.8 Å². The highest BCUT2D eigenvalue weighted by Gasteiger charge is 2.58. The number of carbonyl (C=O) groups excluding carboxylic acids is 6. The van der Waals surface area contributed by atoms with E-state index in [1.165, 1.54) is 24.3 Å². The van der Waals surface area contributed by atoms with Gasteiger partial charge in [0.1, 0.15) is 37.0 Å². The Kier molecular flexibility index (Phi) is 18.5. The Balaban J connectivity index is 1.68. The first-order valence-electron chi connectivity index (χ1n) is 20.4. The molecular formula is C39H43N13O16. The first kappa shape index (κ1) is 51.1. The van der Waals surface area contributed by atoms with E-state index in [2.05, 4.69) is 45.6 Å². The summed E-state index contributed by atoms with van der Waals surface area (Å²) in [5.74, 6) is -5.55. The molecule has 5 rings (SSSR count). The van der Waals surface area contributed by atoms with Crippen molar-refractivity contribution in [2.24, 2.45) is 20.6 Å². The summed E-state index contributed by atoms with van der Waals surface area (Å²) in [4.78, 5) is 88.5. The van der Waals surface area contributed by atoms with E-state index in [0.717, 1.165) is 27.7 Å². The van der Waals surface area contributed by atoms with Crippen molar-refractivity contribution in [1.82, 2.24) is 5.43 Å². The zero-order valence-electron chi connectivity index (χ0n) is 36.4. The molecule has 2 aromatic rings. The Morgan fingerprint density at radius 2 is 1.12 bits per heavy atom. The molecule has 1 N–H and O–H groups in total. The zero-order chi connectivity index (χ0) is 49.3. The van der Waals surface area contributed by atoms with E-state index < -0.39 is 135 Å². The van der Waals surface area contributed by atoms with Gasteiger partial charge in [-0.3, -0.25) is 24.6 Å². The number of carbonyl (C=O) groups is 6. The van der Waals surface area contributed by atoms with E-state index in [9.17, 15) is 50.9 Å². The van der Waals surface area contributed by atoms with Crippen molar-refractivity contribution < 1.29 is 76.1 Å². The molecule has 0 bridgehead atoms. The molecule has 2 heterocycles. The van der Waals surface area contributed by atoms with Crippen molar-refractivity contribution >= 4 is 35.8 Å². The SMILES string of the molecule is CC(=O)OCC1O[C@H](O[C@@H]2C(N=[N+]=[N-])C[C@@H](NN=[N+]=[N-])C(OC(C)=O)C2O[C@@H]2O[C@H](CN=[N+]=[N-])C(OC(=O)c3ccccc3)C2OC(=O)c2ccccc2)C(N=[N+]=[N-])C(OC(C)=O)[C@@H]1OC(C)=O. The fourth-order valence-corrected chi connectivity index (χ4v) is 7.59. The number of hydrogen-bond acceptors (Lipinski definition) is 20. The number of hydrogen-bond donors (Lipinski definition) is 1. The van der Waals surface area contributed by atoms with Crippen LogP contribution < -0.4 is 5.43 Å². The summed E-state index contributed by atoms with van der Waals surface area (Å²) in [5.41, 5.74) is 40.8. The molecule has 29 nitrogen and oxygen atoms in total. The van der Waals surface area contributed by atoms with Gasteiger partial charge in [0.05, 0.1) is 29.8 Å². The second-order valence-corrected chi connectivity index (χ2v) is 14.8. The summed E-state index contributed by atoms with van der Waals surface area (Å²) < 4.78 is 59.1. The van der Waals surface area contributed by atoms with Gasteiger partial charge in [-0.15, -0.1) is 5.53 Å². The fourth-order valence-electron chi connectivity index (χ4n) is 7.59. The number of rotatable bonds is 19. The van der Waals surface area contributed by atoms with Crippen LogP contribution in [0.15, 0.2) is 81.2 Å². The van der Waals surface area contributed by atoms with Crippen LogP contribution in [0.4, 0.5) is 0 Å². The van der Waals surface area contributed by atoms with E-state index in [1.807, 2.05) is 0 Å². The minimum absolute atomic E-state index is 0.0211. The summed E-state index contributed by atoms with van der Waals surface area (Å²) in [6.45, 7) is 2.89. The van der Waals surface area contributed by atoms with Crippen LogP contribution in [-0.2, 0) is 66.5 Å². The van der Waals surface area contributed by atoms with Gasteiger partial charge in [0.15, 0.2) is 43.1 Å². The molecule has 29 heteroatoms. The first-order valence-corrected chi connectivity index (χ1v) is 20.4. The predicted molar refractivity (Wildman–Crippen MR) is 222 cm³/mol. The summed E-state index contributed by atoms with van der Waals surface area (Å²) in [7, 11) is 0. The van der Waals surface area contributed by atoms with E-state index in [1.54, 1.807) is 36.4 Å². The molecule has 360 valence electrons. The minimum atomic E-state index is -1.93. The second kappa shape index (κ2) is 24.6. The van der Waals surface area contributed by atoms with Crippen LogP contribution >= 0.6 is 0 Å². The standard InChI is InChI=1S/C39H43N13O16/c1-18(53)59-17-27-32(61-20(3)55)33(62-21(4)56)28(47-50-42)38(64-27)67-30-24(45-49-41)15-25(46-52-51-43)29(60-19(2)54)34(30)68-39-35(66-37(58)23-13-9-6-10-14-23)31(26(63-39)16-44-48-40)65-36(57)22-11-7-5-8-12-22/h5-14,24-35,38-39,46H,15-17H2,1-4H3/t24?,25-,26-,27?,28?,29?,30-,31?,32-,33?,34?,35?,38-,39+/m1/s1. The van der Waals surface area contributed by atoms with Crippen molar-refractivity contribution in [2.75, 3.05) is 13.2 Å². The van der Waals surface area contributed by atoms with Crippen LogP contribution in [0, 0.1) is 0 Å². The predicted octanol–water partition coefficient (Wildman–Crippen LogP) is 4.27. The molecule has 2 aromatic carbocycles. The summed E-state index contributed by atoms with van der Waals surface area (Å²) >= 11 is 0. The van der Waals surface area contributed by atoms with Crippen molar-refractivity contribution in [2.45, 2.75) is 120 Å². The molecule has 1 aliphatic carbocycles. The third-order valence-electron chi connectivity index (χ3n) is 10.2. The smallest absolute Gasteiger partial charge is 0.338 e. The van der Waals surface area contributed by atoms with Gasteiger partial charge in [-0.2, -0.15) is 4.91 Å². The molecule has 1 saturated carbocycles. The Morgan fingerprint density at radius 3 is 1.66 bits per heavy atom. The largest absolute Gasteiger partial charge is 0.463 e. The van der Waals surface area contributed by atoms with Crippen molar-refractivity contribution in [3.63, 3.8) is 0 Å². The number of nitrogens with zero attached hydrogens (tertiary/aromatic N) is 12. The summed E-state index contributed by atoms with van der Waals surface area (Å²) in [6, 6.07) is 10.7. The number of ether oxygens (including phenoxy) is 10. The Labute approximate surface area is 383 Å². The number of esters is 6. The van der Waals surface area contributed by atoms with Crippen LogP contribution in [0.25, 0.3) is 41.8 Å². The summed E-state index contributed by atoms with van der Waals surface area (Å²) in [6.07, 6.45) is -19.1. The van der Waals surface area contributed by atoms with Crippen molar-refractivity contribution in [3.8, 4) is 0 Å². The van der Waals surface area contributed by atoms with Crippen LogP contribution in [0.5, 0.6) is 0 Å². The quantitative estimate of drug-likeness (QED) is 0.0513. The molecule has 3 fully saturated rings. The lowest BCUT2D eigenvalue weighted by atomic mass is 9.83. The maximum absolute atomic E-state index is 13.8. The highest BCUT2D eigenvalue weighted by Crippen LogP contribution is 2.39. The van der Waals surface area contributed by atoms with Crippen molar-refractivity contribution in [1.29, 1.82) is 0 Å². The molecule has 3 aliphatic rings. The summed E-state index contributed by atoms with van der Waals surface area (Å²) in [5, 5.41) is 14.6. The molecule has 68 heavy (non-hydrogen) atoms. The third-order valence-corrected chi connectivity index (χ3v) is 10.2. The van der Waals surface area contributed by atoms with Gasteiger partial charge in [-0.1, -0.05) is 51.7 Å². The lowest BCUT2D eigenvalue weighted by Gasteiger charge is -2.48. The number of azide groups is 4. The van der Waals surface area contributed by atoms with Crippen LogP contribution in [-0.4, -0.2) is 135 Å². The van der Waals surface area contributed by atoms with Crippen LogP contribution in [0.2, 0.25) is 0 Å². The fraction of sp³-hybridized carbons (Fsp3) is 0.538. The van der Waals surface area contributed by atoms with Crippen LogP contribution in [0.3, 0.4) is 0 Å². The molecular weight excluding hydrogens is 907 g/mol. The maximum Gasteiger partial charge on any atom is 0.338 e. The van der Waals surface area contributed by atoms with Gasteiger partial charge < -0.3 is 47.4 Å². The Hall–Kier alpha value is -7.86. The van der Waals surface area contributed by atoms with Gasteiger partial charge in [-0.05, 0) is 46.1 Å². The molecule has 14 atom stereocenters. The molecule has 0 spiro atoms. The second-order valence-electron chi connectivity index (χ2n) is 14.8. The molecule has 8 unspecified atom stereocenters. The highest BCUT2D eigenvalue weighted by molar-refractivity contribution is 5.90. The molecule has 0 aromatic heterocycles. The minimum Gasteiger partial charge on any atom is -0.463 e. The molecule has 0 amide bonds. The third kappa shape index (κ3) is 13.4. The van der Waals surface area contributed by atoms with E-state index in [4.69, 9.17) is 47.4 Å².